The van der Waals surface area contributed by atoms with E-state index in [9.17, 15) is 10.1 Å². The van der Waals surface area contributed by atoms with Crippen LogP contribution in [0.5, 0.6) is 0 Å². The smallest absolute Gasteiger partial charge is 0.311 e. The SMILES string of the molecule is CN1CCN(C)C(CNc2nc(NN)ccc2[N+](=O)[O-])C1. The van der Waals surface area contributed by atoms with Gasteiger partial charge in [-0.1, -0.05) is 0 Å². The van der Waals surface area contributed by atoms with Crippen LogP contribution in [-0.4, -0.2) is 66.0 Å². The number of hydrogen-bond donors (Lipinski definition) is 3. The van der Waals surface area contributed by atoms with Gasteiger partial charge in [0, 0.05) is 38.3 Å². The van der Waals surface area contributed by atoms with Crippen molar-refractivity contribution in [3.05, 3.63) is 22.2 Å². The highest BCUT2D eigenvalue weighted by Crippen LogP contribution is 2.23. The molecule has 1 aliphatic heterocycles. The number of pyridine rings is 1. The second kappa shape index (κ2) is 6.66. The topological polar surface area (TPSA) is 113 Å². The normalized spacial score (nSPS) is 20.2. The third-order valence-electron chi connectivity index (χ3n) is 3.70. The fourth-order valence-electron chi connectivity index (χ4n) is 2.35. The summed E-state index contributed by atoms with van der Waals surface area (Å²) in [5.74, 6) is 5.92. The van der Waals surface area contributed by atoms with E-state index in [1.807, 2.05) is 0 Å². The molecule has 9 heteroatoms. The molecule has 21 heavy (non-hydrogen) atoms. The molecule has 1 aromatic heterocycles. The molecule has 2 heterocycles. The summed E-state index contributed by atoms with van der Waals surface area (Å²) in [5, 5.41) is 14.1. The maximum Gasteiger partial charge on any atom is 0.311 e. The van der Waals surface area contributed by atoms with Crippen molar-refractivity contribution in [3.8, 4) is 0 Å². The van der Waals surface area contributed by atoms with E-state index in [-0.39, 0.29) is 17.5 Å². The van der Waals surface area contributed by atoms with Gasteiger partial charge in [-0.05, 0) is 20.2 Å². The summed E-state index contributed by atoms with van der Waals surface area (Å²) in [4.78, 5) is 19.2. The second-order valence-electron chi connectivity index (χ2n) is 5.24. The number of nitro groups is 1. The van der Waals surface area contributed by atoms with Crippen LogP contribution in [0.3, 0.4) is 0 Å². The van der Waals surface area contributed by atoms with Crippen LogP contribution in [0.25, 0.3) is 0 Å². The van der Waals surface area contributed by atoms with Crippen LogP contribution >= 0.6 is 0 Å². The minimum Gasteiger partial charge on any atom is -0.363 e. The van der Waals surface area contributed by atoms with Crippen molar-refractivity contribution in [1.82, 2.24) is 14.8 Å². The van der Waals surface area contributed by atoms with Gasteiger partial charge in [0.15, 0.2) is 0 Å². The molecule has 116 valence electrons. The lowest BCUT2D eigenvalue weighted by molar-refractivity contribution is -0.384. The van der Waals surface area contributed by atoms with Crippen LogP contribution in [-0.2, 0) is 0 Å². The van der Waals surface area contributed by atoms with E-state index in [2.05, 4.69) is 39.6 Å². The Morgan fingerprint density at radius 1 is 1.48 bits per heavy atom. The zero-order chi connectivity index (χ0) is 15.4. The van der Waals surface area contributed by atoms with Gasteiger partial charge in [-0.3, -0.25) is 15.0 Å². The maximum absolute atomic E-state index is 11.0. The number of nitrogens with one attached hydrogen (secondary N) is 2. The molecule has 2 rings (SSSR count). The van der Waals surface area contributed by atoms with Gasteiger partial charge in [-0.2, -0.15) is 0 Å². The molecule has 0 spiro atoms. The Hall–Kier alpha value is -1.97. The van der Waals surface area contributed by atoms with Crippen molar-refractivity contribution in [2.24, 2.45) is 5.84 Å². The number of rotatable bonds is 5. The maximum atomic E-state index is 11.0. The van der Waals surface area contributed by atoms with E-state index in [1.54, 1.807) is 0 Å². The molecule has 1 aromatic rings. The summed E-state index contributed by atoms with van der Waals surface area (Å²) < 4.78 is 0. The van der Waals surface area contributed by atoms with Crippen LogP contribution in [0.15, 0.2) is 12.1 Å². The fraction of sp³-hybridized carbons (Fsp3) is 0.583. The Morgan fingerprint density at radius 3 is 2.90 bits per heavy atom. The first-order valence-corrected chi connectivity index (χ1v) is 6.76. The lowest BCUT2D eigenvalue weighted by Crippen LogP contribution is -2.52. The molecule has 0 aromatic carbocycles. The summed E-state index contributed by atoms with van der Waals surface area (Å²) in [5.41, 5.74) is 2.34. The van der Waals surface area contributed by atoms with E-state index in [0.29, 0.717) is 12.4 Å². The molecule has 1 fully saturated rings. The highest BCUT2D eigenvalue weighted by Gasteiger charge is 2.23. The molecule has 1 atom stereocenters. The van der Waals surface area contributed by atoms with Gasteiger partial charge in [-0.15, -0.1) is 0 Å². The first-order valence-electron chi connectivity index (χ1n) is 6.76. The highest BCUT2D eigenvalue weighted by molar-refractivity contribution is 5.60. The van der Waals surface area contributed by atoms with Gasteiger partial charge < -0.3 is 15.6 Å². The third-order valence-corrected chi connectivity index (χ3v) is 3.70. The third kappa shape index (κ3) is 3.78. The lowest BCUT2D eigenvalue weighted by Gasteiger charge is -2.37. The summed E-state index contributed by atoms with van der Waals surface area (Å²) in [6, 6.07) is 3.14. The van der Waals surface area contributed by atoms with Gasteiger partial charge in [0.2, 0.25) is 5.82 Å². The number of anilines is 2. The quantitative estimate of drug-likeness (QED) is 0.393. The number of nitrogens with zero attached hydrogens (tertiary/aromatic N) is 4. The molecule has 0 radical (unpaired) electrons. The number of hydrogen-bond acceptors (Lipinski definition) is 8. The van der Waals surface area contributed by atoms with Crippen LogP contribution in [0, 0.1) is 10.1 Å². The predicted octanol–water partition coefficient (Wildman–Crippen LogP) is -0.0669. The summed E-state index contributed by atoms with van der Waals surface area (Å²) in [6.07, 6.45) is 0. The molecule has 4 N–H and O–H groups in total. The Morgan fingerprint density at radius 2 is 2.24 bits per heavy atom. The van der Waals surface area contributed by atoms with Crippen molar-refractivity contribution < 1.29 is 4.92 Å². The molecule has 1 unspecified atom stereocenters. The molecule has 0 bridgehead atoms. The zero-order valence-electron chi connectivity index (χ0n) is 12.2. The van der Waals surface area contributed by atoms with E-state index in [0.717, 1.165) is 19.6 Å². The van der Waals surface area contributed by atoms with Gasteiger partial charge in [-0.25, -0.2) is 10.8 Å². The molecule has 0 aliphatic carbocycles. The van der Waals surface area contributed by atoms with E-state index < -0.39 is 4.92 Å². The van der Waals surface area contributed by atoms with Crippen molar-refractivity contribution in [2.75, 3.05) is 51.0 Å². The van der Waals surface area contributed by atoms with Crippen LogP contribution < -0.4 is 16.6 Å². The second-order valence-corrected chi connectivity index (χ2v) is 5.24. The fourth-order valence-corrected chi connectivity index (χ4v) is 2.35. The highest BCUT2D eigenvalue weighted by atomic mass is 16.6. The largest absolute Gasteiger partial charge is 0.363 e. The van der Waals surface area contributed by atoms with Gasteiger partial charge in [0.05, 0.1) is 4.92 Å². The Kier molecular flexibility index (Phi) is 4.89. The predicted molar refractivity (Wildman–Crippen MR) is 81.1 cm³/mol. The van der Waals surface area contributed by atoms with Crippen LogP contribution in [0.1, 0.15) is 0 Å². The Balaban J connectivity index is 2.09. The van der Waals surface area contributed by atoms with E-state index >= 15 is 0 Å². The molecule has 9 nitrogen and oxygen atoms in total. The van der Waals surface area contributed by atoms with Gasteiger partial charge in [0.25, 0.3) is 0 Å². The average molecular weight is 295 g/mol. The summed E-state index contributed by atoms with van der Waals surface area (Å²) in [7, 11) is 4.12. The molecule has 0 saturated carbocycles. The van der Waals surface area contributed by atoms with Crippen molar-refractivity contribution in [3.63, 3.8) is 0 Å². The minimum absolute atomic E-state index is 0.0548. The summed E-state index contributed by atoms with van der Waals surface area (Å²) >= 11 is 0. The average Bonchev–Trinajstić information content (AvgIpc) is 2.47. The van der Waals surface area contributed by atoms with E-state index in [4.69, 9.17) is 5.84 Å². The number of likely N-dealkylation sites (N-methyl/N-ethyl adjacent to an activating group) is 2. The number of aromatic nitrogens is 1. The first kappa shape index (κ1) is 15.4. The standard InChI is InChI=1S/C12H21N7O2/c1-17-5-6-18(2)9(8-17)7-14-12-10(19(20)21)3-4-11(15-12)16-13/h3-4,9H,5-8,13H2,1-2H3,(H2,14,15,16). The van der Waals surface area contributed by atoms with Crippen molar-refractivity contribution in [1.29, 1.82) is 0 Å². The Bertz CT molecular complexity index is 510. The number of nitrogen functional groups attached to an aromatic ring is 1. The monoisotopic (exact) mass is 295 g/mol. The minimum atomic E-state index is -0.452. The number of hydrazine groups is 1. The molecular formula is C12H21N7O2. The number of piperazine rings is 1. The van der Waals surface area contributed by atoms with Crippen LogP contribution in [0.4, 0.5) is 17.3 Å². The van der Waals surface area contributed by atoms with Gasteiger partial charge >= 0.3 is 5.69 Å². The van der Waals surface area contributed by atoms with E-state index in [1.165, 1.54) is 12.1 Å². The molecule has 0 amide bonds. The number of nitrogens with two attached hydrogens (primary N) is 1. The molecular weight excluding hydrogens is 274 g/mol. The Labute approximate surface area is 123 Å². The summed E-state index contributed by atoms with van der Waals surface area (Å²) in [6.45, 7) is 3.50. The van der Waals surface area contributed by atoms with Crippen molar-refractivity contribution >= 4 is 17.3 Å². The zero-order valence-corrected chi connectivity index (χ0v) is 12.2. The lowest BCUT2D eigenvalue weighted by atomic mass is 10.2. The molecule has 1 saturated heterocycles. The first-order chi connectivity index (χ1) is 10.0. The molecule has 1 aliphatic rings. The van der Waals surface area contributed by atoms with Crippen molar-refractivity contribution in [2.45, 2.75) is 6.04 Å². The van der Waals surface area contributed by atoms with Crippen LogP contribution in [0.2, 0.25) is 0 Å². The van der Waals surface area contributed by atoms with Gasteiger partial charge in [0.1, 0.15) is 5.82 Å².